The highest BCUT2D eigenvalue weighted by molar-refractivity contribution is 7.99. The average molecular weight is 296 g/mol. The summed E-state index contributed by atoms with van der Waals surface area (Å²) in [7, 11) is 1.67. The molecule has 0 spiro atoms. The molecule has 1 fully saturated rings. The van der Waals surface area contributed by atoms with Crippen molar-refractivity contribution in [2.45, 2.75) is 26.4 Å². The number of ether oxygens (including phenoxy) is 1. The highest BCUT2D eigenvalue weighted by atomic mass is 32.2. The fourth-order valence-corrected chi connectivity index (χ4v) is 3.40. The van der Waals surface area contributed by atoms with E-state index in [0.29, 0.717) is 6.61 Å². The van der Waals surface area contributed by atoms with Crippen LogP contribution in [-0.2, 0) is 11.3 Å². The van der Waals surface area contributed by atoms with E-state index in [1.54, 1.807) is 7.11 Å². The lowest BCUT2D eigenvalue weighted by Crippen LogP contribution is -2.16. The Kier molecular flexibility index (Phi) is 6.39. The molecule has 1 saturated heterocycles. The minimum atomic E-state index is 0.440. The van der Waals surface area contributed by atoms with Gasteiger partial charge >= 0.3 is 0 Å². The van der Waals surface area contributed by atoms with Crippen molar-refractivity contribution in [3.05, 3.63) is 11.9 Å². The molecule has 112 valence electrons. The quantitative estimate of drug-likeness (QED) is 0.769. The number of nitrogens with one attached hydrogen (secondary N) is 2. The lowest BCUT2D eigenvalue weighted by molar-refractivity contribution is 0.178. The summed E-state index contributed by atoms with van der Waals surface area (Å²) in [5.41, 5.74) is 0. The summed E-state index contributed by atoms with van der Waals surface area (Å²) in [5, 5.41) is 6.75. The van der Waals surface area contributed by atoms with Gasteiger partial charge in [-0.2, -0.15) is 11.8 Å². The van der Waals surface area contributed by atoms with Crippen LogP contribution in [0.2, 0.25) is 0 Å². The van der Waals surface area contributed by atoms with Crippen molar-refractivity contribution in [2.75, 3.05) is 42.3 Å². The third kappa shape index (κ3) is 4.83. The summed E-state index contributed by atoms with van der Waals surface area (Å²) in [6.07, 6.45) is 2.38. The normalized spacial score (nSPS) is 18.2. The van der Waals surface area contributed by atoms with E-state index in [4.69, 9.17) is 4.74 Å². The second-order valence-corrected chi connectivity index (χ2v) is 6.17. The van der Waals surface area contributed by atoms with Crippen LogP contribution >= 0.6 is 11.8 Å². The first-order chi connectivity index (χ1) is 9.81. The molecule has 1 atom stereocenters. The van der Waals surface area contributed by atoms with Crippen molar-refractivity contribution in [2.24, 2.45) is 5.92 Å². The molecule has 0 saturated carbocycles. The van der Waals surface area contributed by atoms with Gasteiger partial charge in [0.2, 0.25) is 0 Å². The molecular weight excluding hydrogens is 272 g/mol. The molecule has 1 aliphatic heterocycles. The number of nitrogens with zero attached hydrogens (tertiary/aromatic N) is 2. The van der Waals surface area contributed by atoms with Gasteiger partial charge < -0.3 is 15.4 Å². The van der Waals surface area contributed by atoms with Crippen molar-refractivity contribution in [3.8, 4) is 0 Å². The molecule has 2 heterocycles. The molecule has 0 amide bonds. The van der Waals surface area contributed by atoms with Crippen LogP contribution in [0, 0.1) is 5.92 Å². The topological polar surface area (TPSA) is 59.1 Å². The molecule has 1 aromatic heterocycles. The second kappa shape index (κ2) is 8.32. The van der Waals surface area contributed by atoms with Crippen molar-refractivity contribution < 1.29 is 4.74 Å². The monoisotopic (exact) mass is 296 g/mol. The van der Waals surface area contributed by atoms with Crippen LogP contribution < -0.4 is 10.6 Å². The van der Waals surface area contributed by atoms with E-state index >= 15 is 0 Å². The highest BCUT2D eigenvalue weighted by Gasteiger charge is 2.15. The fourth-order valence-electron chi connectivity index (χ4n) is 2.12. The van der Waals surface area contributed by atoms with Crippen molar-refractivity contribution in [1.29, 1.82) is 0 Å². The van der Waals surface area contributed by atoms with E-state index in [-0.39, 0.29) is 0 Å². The van der Waals surface area contributed by atoms with Crippen LogP contribution in [0.15, 0.2) is 6.07 Å². The first-order valence-electron chi connectivity index (χ1n) is 7.24. The number of methoxy groups -OCH3 is 1. The molecular formula is C14H24N4OS. The smallest absolute Gasteiger partial charge is 0.158 e. The van der Waals surface area contributed by atoms with Gasteiger partial charge in [-0.25, -0.2) is 9.97 Å². The van der Waals surface area contributed by atoms with Gasteiger partial charge in [-0.15, -0.1) is 0 Å². The zero-order valence-corrected chi connectivity index (χ0v) is 13.1. The SMILES string of the molecule is CCCNc1cc(NCC2CCSC2)nc(COC)n1. The predicted octanol–water partition coefficient (Wildman–Crippen LogP) is 2.61. The summed E-state index contributed by atoms with van der Waals surface area (Å²) < 4.78 is 5.14. The summed E-state index contributed by atoms with van der Waals surface area (Å²) in [6.45, 7) is 4.49. The molecule has 0 aliphatic carbocycles. The van der Waals surface area contributed by atoms with E-state index in [0.717, 1.165) is 42.9 Å². The number of rotatable bonds is 8. The third-order valence-electron chi connectivity index (χ3n) is 3.20. The number of hydrogen-bond acceptors (Lipinski definition) is 6. The maximum absolute atomic E-state index is 5.14. The second-order valence-electron chi connectivity index (χ2n) is 5.02. The number of thioether (sulfide) groups is 1. The van der Waals surface area contributed by atoms with Gasteiger partial charge in [-0.3, -0.25) is 0 Å². The van der Waals surface area contributed by atoms with E-state index in [2.05, 4.69) is 27.5 Å². The molecule has 1 unspecified atom stereocenters. The van der Waals surface area contributed by atoms with Gasteiger partial charge in [-0.05, 0) is 30.3 Å². The zero-order valence-electron chi connectivity index (χ0n) is 12.3. The van der Waals surface area contributed by atoms with Crippen LogP contribution in [-0.4, -0.2) is 41.7 Å². The molecule has 0 bridgehead atoms. The first kappa shape index (κ1) is 15.4. The molecule has 20 heavy (non-hydrogen) atoms. The lowest BCUT2D eigenvalue weighted by Gasteiger charge is -2.13. The van der Waals surface area contributed by atoms with Gasteiger partial charge in [0.05, 0.1) is 0 Å². The largest absolute Gasteiger partial charge is 0.377 e. The molecule has 2 N–H and O–H groups in total. The lowest BCUT2D eigenvalue weighted by atomic mass is 10.1. The first-order valence-corrected chi connectivity index (χ1v) is 8.39. The van der Waals surface area contributed by atoms with Crippen molar-refractivity contribution in [3.63, 3.8) is 0 Å². The van der Waals surface area contributed by atoms with Gasteiger partial charge in [0.15, 0.2) is 5.82 Å². The molecule has 0 radical (unpaired) electrons. The average Bonchev–Trinajstić information content (AvgIpc) is 2.96. The van der Waals surface area contributed by atoms with E-state index in [1.165, 1.54) is 17.9 Å². The van der Waals surface area contributed by atoms with Crippen molar-refractivity contribution in [1.82, 2.24) is 9.97 Å². The Hall–Kier alpha value is -1.01. The Bertz CT molecular complexity index is 410. The Morgan fingerprint density at radius 2 is 2.15 bits per heavy atom. The maximum Gasteiger partial charge on any atom is 0.158 e. The predicted molar refractivity (Wildman–Crippen MR) is 85.4 cm³/mol. The Balaban J connectivity index is 1.98. The Morgan fingerprint density at radius 1 is 1.35 bits per heavy atom. The molecule has 1 aromatic rings. The van der Waals surface area contributed by atoms with Crippen LogP contribution in [0.25, 0.3) is 0 Å². The van der Waals surface area contributed by atoms with Crippen LogP contribution in [0.5, 0.6) is 0 Å². The van der Waals surface area contributed by atoms with Gasteiger partial charge in [-0.1, -0.05) is 6.92 Å². The third-order valence-corrected chi connectivity index (χ3v) is 4.43. The van der Waals surface area contributed by atoms with Gasteiger partial charge in [0.1, 0.15) is 18.2 Å². The standard InChI is InChI=1S/C14H24N4OS/c1-3-5-15-12-7-13(18-14(17-12)9-19-2)16-8-11-4-6-20-10-11/h7,11H,3-6,8-10H2,1-2H3,(H2,15,16,17,18). The van der Waals surface area contributed by atoms with Crippen LogP contribution in [0.3, 0.4) is 0 Å². The van der Waals surface area contributed by atoms with E-state index in [9.17, 15) is 0 Å². The van der Waals surface area contributed by atoms with Crippen LogP contribution in [0.1, 0.15) is 25.6 Å². The number of anilines is 2. The van der Waals surface area contributed by atoms with Crippen molar-refractivity contribution >= 4 is 23.4 Å². The fraction of sp³-hybridized carbons (Fsp3) is 0.714. The molecule has 5 nitrogen and oxygen atoms in total. The summed E-state index contributed by atoms with van der Waals surface area (Å²) in [6, 6.07) is 1.98. The summed E-state index contributed by atoms with van der Waals surface area (Å²) >= 11 is 2.04. The number of aromatic nitrogens is 2. The van der Waals surface area contributed by atoms with E-state index in [1.807, 2.05) is 17.8 Å². The molecule has 0 aromatic carbocycles. The minimum Gasteiger partial charge on any atom is -0.377 e. The highest BCUT2D eigenvalue weighted by Crippen LogP contribution is 2.23. The summed E-state index contributed by atoms with van der Waals surface area (Å²) in [5.74, 6) is 5.78. The van der Waals surface area contributed by atoms with Gasteiger partial charge in [0.25, 0.3) is 0 Å². The maximum atomic E-state index is 5.14. The molecule has 6 heteroatoms. The number of hydrogen-bond donors (Lipinski definition) is 2. The minimum absolute atomic E-state index is 0.440. The molecule has 2 rings (SSSR count). The van der Waals surface area contributed by atoms with Gasteiger partial charge in [0, 0.05) is 26.3 Å². The summed E-state index contributed by atoms with van der Waals surface area (Å²) in [4.78, 5) is 8.95. The Morgan fingerprint density at radius 3 is 2.80 bits per heavy atom. The Labute approximate surface area is 125 Å². The molecule has 1 aliphatic rings. The van der Waals surface area contributed by atoms with E-state index < -0.39 is 0 Å². The van der Waals surface area contributed by atoms with Crippen LogP contribution in [0.4, 0.5) is 11.6 Å². The zero-order chi connectivity index (χ0) is 14.2.